The third-order valence-corrected chi connectivity index (χ3v) is 5.49. The number of carbonyl (C=O) groups is 1. The van der Waals surface area contributed by atoms with Crippen LogP contribution in [0.25, 0.3) is 0 Å². The van der Waals surface area contributed by atoms with E-state index in [0.29, 0.717) is 6.54 Å². The normalized spacial score (nSPS) is 12.4. The highest BCUT2D eigenvalue weighted by Crippen LogP contribution is 2.13. The Morgan fingerprint density at radius 1 is 0.967 bits per heavy atom. The molecule has 0 aromatic heterocycles. The van der Waals surface area contributed by atoms with Gasteiger partial charge in [-0.25, -0.2) is 0 Å². The van der Waals surface area contributed by atoms with E-state index in [0.717, 1.165) is 24.2 Å². The number of allylic oxidation sites excluding steroid dienone is 1. The molecule has 1 aromatic carbocycles. The molecule has 0 aliphatic heterocycles. The summed E-state index contributed by atoms with van der Waals surface area (Å²) in [5.41, 5.74) is 1.05. The molecule has 0 fully saturated rings. The topological polar surface area (TPSA) is 58.6 Å². The van der Waals surface area contributed by atoms with E-state index in [1.807, 2.05) is 30.3 Å². The lowest BCUT2D eigenvalue weighted by molar-refractivity contribution is -0.117. The monoisotopic (exact) mass is 417 g/mol. The highest BCUT2D eigenvalue weighted by molar-refractivity contribution is 5.94. The number of hydrogen-bond acceptors (Lipinski definition) is 4. The van der Waals surface area contributed by atoms with E-state index in [-0.39, 0.29) is 12.4 Å². The van der Waals surface area contributed by atoms with E-state index in [1.165, 1.54) is 64.2 Å². The smallest absolute Gasteiger partial charge is 0.174 e. The molecule has 0 saturated carbocycles. The van der Waals surface area contributed by atoms with Gasteiger partial charge in [-0.3, -0.25) is 4.79 Å². The number of benzene rings is 1. The van der Waals surface area contributed by atoms with Gasteiger partial charge in [0, 0.05) is 6.54 Å². The van der Waals surface area contributed by atoms with Gasteiger partial charge < -0.3 is 15.2 Å². The van der Waals surface area contributed by atoms with Crippen LogP contribution in [0.5, 0.6) is 5.75 Å². The van der Waals surface area contributed by atoms with E-state index in [9.17, 15) is 9.90 Å². The largest absolute Gasteiger partial charge is 0.497 e. The van der Waals surface area contributed by atoms with Crippen LogP contribution in [0.3, 0.4) is 0 Å². The van der Waals surface area contributed by atoms with Crippen molar-refractivity contribution in [3.63, 3.8) is 0 Å². The molecule has 0 heterocycles. The summed E-state index contributed by atoms with van der Waals surface area (Å²) in [5, 5.41) is 12.7. The lowest BCUT2D eigenvalue weighted by atomic mass is 10.0. The lowest BCUT2D eigenvalue weighted by Gasteiger charge is -2.13. The van der Waals surface area contributed by atoms with Crippen molar-refractivity contribution in [1.82, 2.24) is 5.32 Å². The summed E-state index contributed by atoms with van der Waals surface area (Å²) in [4.78, 5) is 12.3. The van der Waals surface area contributed by atoms with Crippen molar-refractivity contribution >= 4 is 5.78 Å². The molecule has 30 heavy (non-hydrogen) atoms. The Bertz CT molecular complexity index is 568. The number of carbonyl (C=O) groups excluding carboxylic acids is 1. The van der Waals surface area contributed by atoms with E-state index >= 15 is 0 Å². The van der Waals surface area contributed by atoms with Crippen LogP contribution in [0.2, 0.25) is 0 Å². The van der Waals surface area contributed by atoms with Gasteiger partial charge >= 0.3 is 0 Å². The molecule has 0 saturated heterocycles. The molecule has 1 aromatic rings. The first-order chi connectivity index (χ1) is 14.7. The molecular weight excluding hydrogens is 374 g/mol. The van der Waals surface area contributed by atoms with Crippen molar-refractivity contribution < 1.29 is 14.6 Å². The minimum atomic E-state index is -0.555. The molecular formula is C26H43NO3. The zero-order valence-corrected chi connectivity index (χ0v) is 19.2. The Morgan fingerprint density at radius 2 is 1.53 bits per heavy atom. The summed E-state index contributed by atoms with van der Waals surface area (Å²) < 4.78 is 5.14. The maximum Gasteiger partial charge on any atom is 0.174 e. The number of hydrogen-bond donors (Lipinski definition) is 2. The van der Waals surface area contributed by atoms with Gasteiger partial charge in [-0.15, -0.1) is 0 Å². The lowest BCUT2D eigenvalue weighted by Crippen LogP contribution is -2.38. The summed E-state index contributed by atoms with van der Waals surface area (Å²) in [7, 11) is 1.64. The summed E-state index contributed by atoms with van der Waals surface area (Å²) in [6.07, 6.45) is 19.1. The SMILES string of the molecule is CCCCCCCCCCCCC/C=C/C(=O)[C@@H](CO)NCc1ccc(OC)cc1. The van der Waals surface area contributed by atoms with Crippen molar-refractivity contribution in [2.24, 2.45) is 0 Å². The second-order valence-electron chi connectivity index (χ2n) is 8.09. The molecule has 1 rings (SSSR count). The Kier molecular flexibility index (Phi) is 16.0. The van der Waals surface area contributed by atoms with E-state index in [2.05, 4.69) is 12.2 Å². The first kappa shape index (κ1) is 26.4. The third-order valence-electron chi connectivity index (χ3n) is 5.49. The number of rotatable bonds is 19. The zero-order chi connectivity index (χ0) is 21.9. The number of nitrogens with one attached hydrogen (secondary N) is 1. The third kappa shape index (κ3) is 12.8. The van der Waals surface area contributed by atoms with Crippen molar-refractivity contribution in [1.29, 1.82) is 0 Å². The van der Waals surface area contributed by atoms with E-state index < -0.39 is 6.04 Å². The van der Waals surface area contributed by atoms with Gasteiger partial charge in [0.2, 0.25) is 0 Å². The van der Waals surface area contributed by atoms with Crippen LogP contribution in [0.1, 0.15) is 89.5 Å². The zero-order valence-electron chi connectivity index (χ0n) is 19.2. The van der Waals surface area contributed by atoms with Crippen molar-refractivity contribution in [2.75, 3.05) is 13.7 Å². The van der Waals surface area contributed by atoms with Crippen LogP contribution < -0.4 is 10.1 Å². The average molecular weight is 418 g/mol. The van der Waals surface area contributed by atoms with Crippen LogP contribution >= 0.6 is 0 Å². The van der Waals surface area contributed by atoms with E-state index in [4.69, 9.17) is 4.74 Å². The first-order valence-electron chi connectivity index (χ1n) is 11.9. The highest BCUT2D eigenvalue weighted by atomic mass is 16.5. The van der Waals surface area contributed by atoms with Gasteiger partial charge in [0.05, 0.1) is 19.8 Å². The highest BCUT2D eigenvalue weighted by Gasteiger charge is 2.13. The summed E-state index contributed by atoms with van der Waals surface area (Å²) in [6.45, 7) is 2.60. The van der Waals surface area contributed by atoms with Gasteiger partial charge in [-0.05, 0) is 36.6 Å². The molecule has 0 spiro atoms. The molecule has 0 radical (unpaired) electrons. The standard InChI is InChI=1S/C26H43NO3/c1-3-4-5-6-7-8-9-10-11-12-13-14-15-16-26(29)25(22-28)27-21-23-17-19-24(30-2)20-18-23/h15-20,25,27-28H,3-14,21-22H2,1-2H3/b16-15+/t25-/m1/s1. The fourth-order valence-corrected chi connectivity index (χ4v) is 3.48. The average Bonchev–Trinajstić information content (AvgIpc) is 2.77. The number of ether oxygens (including phenoxy) is 1. The van der Waals surface area contributed by atoms with Crippen LogP contribution in [-0.2, 0) is 11.3 Å². The number of unbranched alkanes of at least 4 members (excludes halogenated alkanes) is 11. The van der Waals surface area contributed by atoms with Gasteiger partial charge in [0.25, 0.3) is 0 Å². The van der Waals surface area contributed by atoms with Crippen molar-refractivity contribution in [2.45, 2.75) is 96.6 Å². The molecule has 2 N–H and O–H groups in total. The molecule has 1 atom stereocenters. The summed E-state index contributed by atoms with van der Waals surface area (Å²) >= 11 is 0. The van der Waals surface area contributed by atoms with Crippen molar-refractivity contribution in [3.05, 3.63) is 42.0 Å². The van der Waals surface area contributed by atoms with Gasteiger partial charge in [0.15, 0.2) is 5.78 Å². The molecule has 0 aliphatic carbocycles. The second-order valence-corrected chi connectivity index (χ2v) is 8.09. The van der Waals surface area contributed by atoms with Crippen molar-refractivity contribution in [3.8, 4) is 5.75 Å². The van der Waals surface area contributed by atoms with Gasteiger partial charge in [-0.1, -0.05) is 89.3 Å². The molecule has 0 unspecified atom stereocenters. The van der Waals surface area contributed by atoms with Crippen LogP contribution in [0.15, 0.2) is 36.4 Å². The van der Waals surface area contributed by atoms with E-state index in [1.54, 1.807) is 13.2 Å². The van der Waals surface area contributed by atoms with Crippen LogP contribution in [-0.4, -0.2) is 30.6 Å². The predicted octanol–water partition coefficient (Wildman–Crippen LogP) is 5.97. The summed E-state index contributed by atoms with van der Waals surface area (Å²) in [5.74, 6) is 0.743. The van der Waals surface area contributed by atoms with Gasteiger partial charge in [-0.2, -0.15) is 0 Å². The maximum atomic E-state index is 12.3. The fourth-order valence-electron chi connectivity index (χ4n) is 3.48. The molecule has 170 valence electrons. The molecule has 0 bridgehead atoms. The second kappa shape index (κ2) is 18.1. The maximum absolute atomic E-state index is 12.3. The number of aliphatic hydroxyl groups is 1. The minimum absolute atomic E-state index is 0.0610. The number of aliphatic hydroxyl groups excluding tert-OH is 1. The Labute approximate surface area is 184 Å². The minimum Gasteiger partial charge on any atom is -0.497 e. The summed E-state index contributed by atoms with van der Waals surface area (Å²) in [6, 6.07) is 7.13. The fraction of sp³-hybridized carbons (Fsp3) is 0.654. The molecule has 0 aliphatic rings. The Hall–Kier alpha value is -1.65. The number of methoxy groups -OCH3 is 1. The Balaban J connectivity index is 2.08. The first-order valence-corrected chi connectivity index (χ1v) is 11.9. The van der Waals surface area contributed by atoms with Crippen LogP contribution in [0.4, 0.5) is 0 Å². The molecule has 0 amide bonds. The molecule has 4 nitrogen and oxygen atoms in total. The van der Waals surface area contributed by atoms with Crippen LogP contribution in [0, 0.1) is 0 Å². The Morgan fingerprint density at radius 3 is 2.07 bits per heavy atom. The van der Waals surface area contributed by atoms with Gasteiger partial charge in [0.1, 0.15) is 5.75 Å². The molecule has 4 heteroatoms. The predicted molar refractivity (Wildman–Crippen MR) is 126 cm³/mol. The quantitative estimate of drug-likeness (QED) is 0.215. The number of ketones is 1.